The molecular formula is C20H19O4P. The first kappa shape index (κ1) is 17.4. The molecule has 0 saturated heterocycles. The summed E-state index contributed by atoms with van der Waals surface area (Å²) in [5, 5.41) is 0. The largest absolute Gasteiger partial charge is 0.524 e. The van der Waals surface area contributed by atoms with Gasteiger partial charge in [0.05, 0.1) is 0 Å². The van der Waals surface area contributed by atoms with E-state index in [0.717, 1.165) is 22.3 Å². The van der Waals surface area contributed by atoms with Crippen molar-refractivity contribution >= 4 is 7.82 Å². The van der Waals surface area contributed by atoms with Crippen molar-refractivity contribution in [2.75, 3.05) is 0 Å². The Balaban J connectivity index is 2.29. The van der Waals surface area contributed by atoms with Crippen LogP contribution in [0.1, 0.15) is 11.1 Å². The Morgan fingerprint density at radius 2 is 1.16 bits per heavy atom. The maximum Gasteiger partial charge on any atom is 0.524 e. The van der Waals surface area contributed by atoms with Crippen LogP contribution in [0.2, 0.25) is 0 Å². The highest BCUT2D eigenvalue weighted by Gasteiger charge is 2.23. The molecule has 0 amide bonds. The molecule has 3 aromatic carbocycles. The van der Waals surface area contributed by atoms with Crippen LogP contribution in [0.25, 0.3) is 22.3 Å². The minimum atomic E-state index is -4.66. The SMILES string of the molecule is Cc1c(-c2ccccc2)cc(-c2ccccc2)c(C)c1OP(=O)(O)O. The van der Waals surface area contributed by atoms with E-state index < -0.39 is 7.82 Å². The second kappa shape index (κ2) is 6.85. The Morgan fingerprint density at radius 1 is 0.760 bits per heavy atom. The molecule has 0 bridgehead atoms. The highest BCUT2D eigenvalue weighted by Crippen LogP contribution is 2.46. The van der Waals surface area contributed by atoms with Crippen LogP contribution in [-0.2, 0) is 4.57 Å². The fraction of sp³-hybridized carbons (Fsp3) is 0.100. The van der Waals surface area contributed by atoms with E-state index >= 15 is 0 Å². The molecule has 0 unspecified atom stereocenters. The van der Waals surface area contributed by atoms with Gasteiger partial charge in [-0.15, -0.1) is 0 Å². The molecule has 0 aliphatic heterocycles. The lowest BCUT2D eigenvalue weighted by atomic mass is 9.91. The van der Waals surface area contributed by atoms with Crippen LogP contribution < -0.4 is 4.52 Å². The number of rotatable bonds is 4. The summed E-state index contributed by atoms with van der Waals surface area (Å²) in [5.41, 5.74) is 5.10. The Bertz CT molecular complexity index is 867. The smallest absolute Gasteiger partial charge is 0.404 e. The highest BCUT2D eigenvalue weighted by atomic mass is 31.2. The van der Waals surface area contributed by atoms with Gasteiger partial charge in [0, 0.05) is 0 Å². The van der Waals surface area contributed by atoms with Crippen molar-refractivity contribution in [3.8, 4) is 28.0 Å². The molecule has 3 rings (SSSR count). The van der Waals surface area contributed by atoms with E-state index in [4.69, 9.17) is 4.52 Å². The van der Waals surface area contributed by atoms with Crippen molar-refractivity contribution < 1.29 is 18.9 Å². The molecule has 0 aliphatic rings. The Hall–Kier alpha value is -2.39. The second-order valence-electron chi connectivity index (χ2n) is 5.86. The van der Waals surface area contributed by atoms with E-state index in [-0.39, 0.29) is 5.75 Å². The Labute approximate surface area is 147 Å². The number of phosphoric ester groups is 1. The van der Waals surface area contributed by atoms with Crippen LogP contribution in [0.15, 0.2) is 66.7 Å². The summed E-state index contributed by atoms with van der Waals surface area (Å²) in [6, 6.07) is 21.5. The van der Waals surface area contributed by atoms with E-state index in [1.54, 1.807) is 0 Å². The van der Waals surface area contributed by atoms with Gasteiger partial charge in [-0.05, 0) is 53.3 Å². The van der Waals surface area contributed by atoms with Crippen molar-refractivity contribution in [3.05, 3.63) is 77.9 Å². The van der Waals surface area contributed by atoms with Gasteiger partial charge in [-0.3, -0.25) is 9.79 Å². The number of hydrogen-bond donors (Lipinski definition) is 2. The van der Waals surface area contributed by atoms with Crippen LogP contribution in [0.3, 0.4) is 0 Å². The van der Waals surface area contributed by atoms with Crippen LogP contribution >= 0.6 is 7.82 Å². The Kier molecular flexibility index (Phi) is 4.78. The average molecular weight is 354 g/mol. The zero-order valence-corrected chi connectivity index (χ0v) is 14.9. The zero-order chi connectivity index (χ0) is 18.0. The summed E-state index contributed by atoms with van der Waals surface area (Å²) >= 11 is 0. The molecule has 0 atom stereocenters. The van der Waals surface area contributed by atoms with Gasteiger partial charge in [0.25, 0.3) is 0 Å². The van der Waals surface area contributed by atoms with Crippen LogP contribution in [0.5, 0.6) is 5.75 Å². The molecular weight excluding hydrogens is 335 g/mol. The molecule has 0 saturated carbocycles. The van der Waals surface area contributed by atoms with Crippen molar-refractivity contribution in [2.24, 2.45) is 0 Å². The third-order valence-electron chi connectivity index (χ3n) is 4.16. The number of hydrogen-bond acceptors (Lipinski definition) is 2. The normalized spacial score (nSPS) is 11.4. The summed E-state index contributed by atoms with van der Waals surface area (Å²) in [4.78, 5) is 18.7. The molecule has 25 heavy (non-hydrogen) atoms. The molecule has 0 fully saturated rings. The number of benzene rings is 3. The maximum absolute atomic E-state index is 11.5. The topological polar surface area (TPSA) is 66.8 Å². The molecule has 5 heteroatoms. The molecule has 0 aliphatic carbocycles. The zero-order valence-electron chi connectivity index (χ0n) is 14.0. The van der Waals surface area contributed by atoms with Crippen LogP contribution in [-0.4, -0.2) is 9.79 Å². The van der Waals surface area contributed by atoms with Gasteiger partial charge >= 0.3 is 7.82 Å². The summed E-state index contributed by atoms with van der Waals surface area (Å²) in [7, 11) is -4.66. The van der Waals surface area contributed by atoms with E-state index in [1.807, 2.05) is 80.6 Å². The maximum atomic E-state index is 11.5. The van der Waals surface area contributed by atoms with Crippen molar-refractivity contribution in [2.45, 2.75) is 13.8 Å². The van der Waals surface area contributed by atoms with Crippen LogP contribution in [0, 0.1) is 13.8 Å². The molecule has 0 heterocycles. The number of phosphoric acid groups is 1. The summed E-state index contributed by atoms with van der Waals surface area (Å²) in [6.07, 6.45) is 0. The fourth-order valence-electron chi connectivity index (χ4n) is 2.98. The molecule has 4 nitrogen and oxygen atoms in total. The van der Waals surface area contributed by atoms with Crippen molar-refractivity contribution in [1.29, 1.82) is 0 Å². The standard InChI is InChI=1S/C20H19O4P/c1-14-18(16-9-5-3-6-10-16)13-19(17-11-7-4-8-12-17)15(2)20(14)24-25(21,22)23/h3-13H,1-2H3,(H2,21,22,23). The van der Waals surface area contributed by atoms with Gasteiger partial charge in [0.1, 0.15) is 5.75 Å². The summed E-state index contributed by atoms with van der Waals surface area (Å²) in [5.74, 6) is 0.230. The van der Waals surface area contributed by atoms with Crippen molar-refractivity contribution in [3.63, 3.8) is 0 Å². The minimum Gasteiger partial charge on any atom is -0.404 e. The molecule has 0 aromatic heterocycles. The molecule has 0 spiro atoms. The van der Waals surface area contributed by atoms with Gasteiger partial charge < -0.3 is 4.52 Å². The van der Waals surface area contributed by atoms with Gasteiger partial charge in [-0.1, -0.05) is 60.7 Å². The molecule has 128 valence electrons. The highest BCUT2D eigenvalue weighted by molar-refractivity contribution is 7.46. The third kappa shape index (κ3) is 3.83. The first-order valence-electron chi connectivity index (χ1n) is 7.87. The van der Waals surface area contributed by atoms with Gasteiger partial charge in [0.2, 0.25) is 0 Å². The van der Waals surface area contributed by atoms with Crippen molar-refractivity contribution in [1.82, 2.24) is 0 Å². The lowest BCUT2D eigenvalue weighted by Gasteiger charge is -2.19. The molecule has 3 aromatic rings. The summed E-state index contributed by atoms with van der Waals surface area (Å²) < 4.78 is 16.5. The lowest BCUT2D eigenvalue weighted by molar-refractivity contribution is 0.282. The first-order chi connectivity index (χ1) is 11.9. The van der Waals surface area contributed by atoms with Gasteiger partial charge in [-0.2, -0.15) is 0 Å². The van der Waals surface area contributed by atoms with E-state index in [9.17, 15) is 14.4 Å². The lowest BCUT2D eigenvalue weighted by Crippen LogP contribution is -1.99. The predicted molar refractivity (Wildman–Crippen MR) is 99.5 cm³/mol. The van der Waals surface area contributed by atoms with Gasteiger partial charge in [-0.25, -0.2) is 4.57 Å². The predicted octanol–water partition coefficient (Wildman–Crippen LogP) is 5.11. The third-order valence-corrected chi connectivity index (χ3v) is 4.58. The van der Waals surface area contributed by atoms with Crippen LogP contribution in [0.4, 0.5) is 0 Å². The second-order valence-corrected chi connectivity index (χ2v) is 7.03. The van der Waals surface area contributed by atoms with E-state index in [1.165, 1.54) is 0 Å². The summed E-state index contributed by atoms with van der Waals surface area (Å²) in [6.45, 7) is 3.63. The average Bonchev–Trinajstić information content (AvgIpc) is 2.59. The Morgan fingerprint density at radius 3 is 1.52 bits per heavy atom. The molecule has 2 N–H and O–H groups in total. The fourth-order valence-corrected chi connectivity index (χ4v) is 3.49. The quantitative estimate of drug-likeness (QED) is 0.639. The van der Waals surface area contributed by atoms with Gasteiger partial charge in [0.15, 0.2) is 0 Å². The minimum absolute atomic E-state index is 0.230. The monoisotopic (exact) mass is 354 g/mol. The van der Waals surface area contributed by atoms with E-state index in [0.29, 0.717) is 11.1 Å². The molecule has 0 radical (unpaired) electrons. The van der Waals surface area contributed by atoms with E-state index in [2.05, 4.69) is 0 Å². The first-order valence-corrected chi connectivity index (χ1v) is 9.40.